The second-order valence-electron chi connectivity index (χ2n) is 4.33. The van der Waals surface area contributed by atoms with Crippen molar-refractivity contribution in [2.75, 3.05) is 5.32 Å². The molecule has 0 fully saturated rings. The van der Waals surface area contributed by atoms with Crippen LogP contribution in [-0.2, 0) is 6.54 Å². The Morgan fingerprint density at radius 2 is 2.11 bits per heavy atom. The minimum absolute atomic E-state index is 0.109. The first-order valence-corrected chi connectivity index (χ1v) is 6.91. The molecular weight excluding hydrogens is 306 g/mol. The monoisotopic (exact) mass is 321 g/mol. The SMILES string of the molecule is CC(C)Oc1ncccc1CNc1cccc(Br)n1. The molecule has 0 unspecified atom stereocenters. The number of halogens is 1. The molecule has 19 heavy (non-hydrogen) atoms. The van der Waals surface area contributed by atoms with Crippen LogP contribution in [-0.4, -0.2) is 16.1 Å². The molecule has 0 bridgehead atoms. The van der Waals surface area contributed by atoms with Gasteiger partial charge in [-0.1, -0.05) is 12.1 Å². The first-order valence-electron chi connectivity index (χ1n) is 6.12. The molecule has 0 aliphatic heterocycles. The Hall–Kier alpha value is -1.62. The zero-order chi connectivity index (χ0) is 13.7. The van der Waals surface area contributed by atoms with Crippen molar-refractivity contribution in [3.8, 4) is 5.88 Å². The quantitative estimate of drug-likeness (QED) is 0.854. The number of rotatable bonds is 5. The van der Waals surface area contributed by atoms with E-state index in [2.05, 4.69) is 31.2 Å². The van der Waals surface area contributed by atoms with Gasteiger partial charge >= 0.3 is 0 Å². The largest absolute Gasteiger partial charge is 0.475 e. The molecule has 2 aromatic heterocycles. The maximum absolute atomic E-state index is 5.68. The van der Waals surface area contributed by atoms with Gasteiger partial charge in [-0.15, -0.1) is 0 Å². The number of aromatic nitrogens is 2. The molecule has 100 valence electrons. The van der Waals surface area contributed by atoms with Gasteiger partial charge in [0.2, 0.25) is 5.88 Å². The predicted molar refractivity (Wildman–Crippen MR) is 79.3 cm³/mol. The Morgan fingerprint density at radius 3 is 2.84 bits per heavy atom. The summed E-state index contributed by atoms with van der Waals surface area (Å²) in [6.45, 7) is 4.60. The van der Waals surface area contributed by atoms with Crippen molar-refractivity contribution >= 4 is 21.7 Å². The molecule has 2 aromatic rings. The van der Waals surface area contributed by atoms with Gasteiger partial charge in [-0.3, -0.25) is 0 Å². The maximum Gasteiger partial charge on any atom is 0.218 e. The van der Waals surface area contributed by atoms with E-state index in [1.807, 2.05) is 44.2 Å². The summed E-state index contributed by atoms with van der Waals surface area (Å²) >= 11 is 3.35. The lowest BCUT2D eigenvalue weighted by Gasteiger charge is -2.13. The van der Waals surface area contributed by atoms with Crippen LogP contribution in [0.5, 0.6) is 5.88 Å². The fraction of sp³-hybridized carbons (Fsp3) is 0.286. The molecule has 0 radical (unpaired) electrons. The van der Waals surface area contributed by atoms with Gasteiger partial charge in [-0.05, 0) is 48.0 Å². The standard InChI is InChI=1S/C14H16BrN3O/c1-10(2)19-14-11(5-4-8-16-14)9-17-13-7-3-6-12(15)18-13/h3-8,10H,9H2,1-2H3,(H,17,18). The van der Waals surface area contributed by atoms with Crippen LogP contribution in [0.1, 0.15) is 19.4 Å². The van der Waals surface area contributed by atoms with Crippen molar-refractivity contribution in [3.63, 3.8) is 0 Å². The van der Waals surface area contributed by atoms with Gasteiger partial charge < -0.3 is 10.1 Å². The molecule has 2 rings (SSSR count). The van der Waals surface area contributed by atoms with E-state index in [0.29, 0.717) is 12.4 Å². The van der Waals surface area contributed by atoms with Gasteiger partial charge in [0.15, 0.2) is 0 Å². The molecule has 0 amide bonds. The first kappa shape index (κ1) is 13.8. The van der Waals surface area contributed by atoms with Gasteiger partial charge in [0.05, 0.1) is 6.10 Å². The zero-order valence-electron chi connectivity index (χ0n) is 10.9. The van der Waals surface area contributed by atoms with E-state index in [0.717, 1.165) is 16.0 Å². The molecule has 1 N–H and O–H groups in total. The van der Waals surface area contributed by atoms with E-state index in [9.17, 15) is 0 Å². The van der Waals surface area contributed by atoms with E-state index in [1.54, 1.807) is 6.20 Å². The molecule has 0 atom stereocenters. The average molecular weight is 322 g/mol. The fourth-order valence-electron chi connectivity index (χ4n) is 1.58. The second-order valence-corrected chi connectivity index (χ2v) is 5.15. The number of anilines is 1. The molecule has 0 aromatic carbocycles. The summed E-state index contributed by atoms with van der Waals surface area (Å²) in [5.74, 6) is 1.48. The summed E-state index contributed by atoms with van der Waals surface area (Å²) in [7, 11) is 0. The van der Waals surface area contributed by atoms with E-state index in [-0.39, 0.29) is 6.10 Å². The van der Waals surface area contributed by atoms with Crippen LogP contribution in [0.15, 0.2) is 41.1 Å². The Kier molecular flexibility index (Phi) is 4.74. The number of pyridine rings is 2. The smallest absolute Gasteiger partial charge is 0.218 e. The third kappa shape index (κ3) is 4.21. The lowest BCUT2D eigenvalue weighted by molar-refractivity contribution is 0.230. The van der Waals surface area contributed by atoms with Gasteiger partial charge in [0.25, 0.3) is 0 Å². The van der Waals surface area contributed by atoms with Gasteiger partial charge in [-0.25, -0.2) is 9.97 Å². The number of ether oxygens (including phenoxy) is 1. The van der Waals surface area contributed by atoms with E-state index in [4.69, 9.17) is 4.74 Å². The van der Waals surface area contributed by atoms with Crippen LogP contribution in [0, 0.1) is 0 Å². The van der Waals surface area contributed by atoms with Crippen LogP contribution < -0.4 is 10.1 Å². The highest BCUT2D eigenvalue weighted by atomic mass is 79.9. The van der Waals surface area contributed by atoms with Crippen LogP contribution in [0.3, 0.4) is 0 Å². The summed E-state index contributed by atoms with van der Waals surface area (Å²) in [6.07, 6.45) is 1.84. The molecule has 0 aliphatic rings. The Balaban J connectivity index is 2.07. The molecule has 0 spiro atoms. The van der Waals surface area contributed by atoms with Crippen molar-refractivity contribution in [2.45, 2.75) is 26.5 Å². The minimum Gasteiger partial charge on any atom is -0.475 e. The minimum atomic E-state index is 0.109. The molecule has 2 heterocycles. The van der Waals surface area contributed by atoms with Gasteiger partial charge in [-0.2, -0.15) is 0 Å². The van der Waals surface area contributed by atoms with Crippen molar-refractivity contribution in [1.29, 1.82) is 0 Å². The summed E-state index contributed by atoms with van der Waals surface area (Å²) < 4.78 is 6.48. The van der Waals surface area contributed by atoms with Crippen molar-refractivity contribution in [2.24, 2.45) is 0 Å². The highest BCUT2D eigenvalue weighted by Crippen LogP contribution is 2.18. The van der Waals surface area contributed by atoms with Crippen LogP contribution >= 0.6 is 15.9 Å². The lowest BCUT2D eigenvalue weighted by Crippen LogP contribution is -2.11. The highest BCUT2D eigenvalue weighted by Gasteiger charge is 2.06. The zero-order valence-corrected chi connectivity index (χ0v) is 12.5. The molecule has 0 saturated carbocycles. The predicted octanol–water partition coefficient (Wildman–Crippen LogP) is 3.64. The van der Waals surface area contributed by atoms with Crippen LogP contribution in [0.25, 0.3) is 0 Å². The Morgan fingerprint density at radius 1 is 1.26 bits per heavy atom. The first-order chi connectivity index (χ1) is 9.15. The summed E-state index contributed by atoms with van der Waals surface area (Å²) in [4.78, 5) is 8.58. The Labute approximate surface area is 121 Å². The molecule has 0 saturated heterocycles. The summed E-state index contributed by atoms with van der Waals surface area (Å²) in [6, 6.07) is 9.65. The topological polar surface area (TPSA) is 47.0 Å². The van der Waals surface area contributed by atoms with Crippen molar-refractivity contribution in [3.05, 3.63) is 46.7 Å². The van der Waals surface area contributed by atoms with E-state index >= 15 is 0 Å². The van der Waals surface area contributed by atoms with Crippen molar-refractivity contribution in [1.82, 2.24) is 9.97 Å². The van der Waals surface area contributed by atoms with Gasteiger partial charge in [0, 0.05) is 18.3 Å². The number of nitrogens with one attached hydrogen (secondary N) is 1. The number of hydrogen-bond acceptors (Lipinski definition) is 4. The molecule has 5 heteroatoms. The third-order valence-corrected chi connectivity index (χ3v) is 2.81. The summed E-state index contributed by atoms with van der Waals surface area (Å²) in [5.41, 5.74) is 1.01. The maximum atomic E-state index is 5.68. The molecular formula is C14H16BrN3O. The molecule has 0 aliphatic carbocycles. The van der Waals surface area contributed by atoms with Crippen LogP contribution in [0.4, 0.5) is 5.82 Å². The van der Waals surface area contributed by atoms with Crippen LogP contribution in [0.2, 0.25) is 0 Å². The Bertz CT molecular complexity index is 546. The van der Waals surface area contributed by atoms with E-state index in [1.165, 1.54) is 0 Å². The number of hydrogen-bond donors (Lipinski definition) is 1. The fourth-order valence-corrected chi connectivity index (χ4v) is 1.92. The van der Waals surface area contributed by atoms with Crippen molar-refractivity contribution < 1.29 is 4.74 Å². The average Bonchev–Trinajstić information content (AvgIpc) is 2.37. The number of nitrogens with zero attached hydrogens (tertiary/aromatic N) is 2. The van der Waals surface area contributed by atoms with Gasteiger partial charge in [0.1, 0.15) is 10.4 Å². The summed E-state index contributed by atoms with van der Waals surface area (Å²) in [5, 5.41) is 3.25. The molecule has 4 nitrogen and oxygen atoms in total. The second kappa shape index (κ2) is 6.52. The third-order valence-electron chi connectivity index (χ3n) is 2.37. The lowest BCUT2D eigenvalue weighted by atomic mass is 10.2. The highest BCUT2D eigenvalue weighted by molar-refractivity contribution is 9.10. The normalized spacial score (nSPS) is 10.5. The van der Waals surface area contributed by atoms with E-state index < -0.39 is 0 Å².